The first-order chi connectivity index (χ1) is 11.8. The van der Waals surface area contributed by atoms with Crippen LogP contribution >= 0.6 is 0 Å². The topological polar surface area (TPSA) is 77.7 Å². The molecule has 3 heterocycles. The van der Waals surface area contributed by atoms with Crippen molar-refractivity contribution in [3.05, 3.63) is 35.5 Å². The quantitative estimate of drug-likeness (QED) is 0.861. The maximum atomic E-state index is 13.0. The van der Waals surface area contributed by atoms with Crippen molar-refractivity contribution >= 4 is 5.91 Å². The van der Waals surface area contributed by atoms with Crippen molar-refractivity contribution in [3.8, 4) is 11.5 Å². The molecule has 0 bridgehead atoms. The van der Waals surface area contributed by atoms with Gasteiger partial charge in [0.2, 0.25) is 12.7 Å². The zero-order valence-corrected chi connectivity index (χ0v) is 13.5. The highest BCUT2D eigenvalue weighted by Crippen LogP contribution is 2.35. The standard InChI is InChI=1S/C17H19N3O4/c1-2-15-18-16(24-19-15)12-5-3-4-8-20(12)17(21)11-6-7-13-14(9-11)23-10-22-13/h6-7,9,12H,2-5,8,10H2,1H3/t12-/m0/s1. The third kappa shape index (κ3) is 2.60. The molecule has 2 aromatic rings. The minimum absolute atomic E-state index is 0.0470. The molecule has 7 nitrogen and oxygen atoms in total. The zero-order chi connectivity index (χ0) is 16.5. The van der Waals surface area contributed by atoms with Crippen molar-refractivity contribution in [3.63, 3.8) is 0 Å². The summed E-state index contributed by atoms with van der Waals surface area (Å²) in [6.07, 6.45) is 3.56. The average molecular weight is 329 g/mol. The number of carbonyl (C=O) groups is 1. The minimum Gasteiger partial charge on any atom is -0.454 e. The van der Waals surface area contributed by atoms with Crippen LogP contribution in [0.4, 0.5) is 0 Å². The van der Waals surface area contributed by atoms with Crippen LogP contribution in [0.3, 0.4) is 0 Å². The van der Waals surface area contributed by atoms with Crippen molar-refractivity contribution in [2.75, 3.05) is 13.3 Å². The number of aryl methyl sites for hydroxylation is 1. The van der Waals surface area contributed by atoms with Crippen molar-refractivity contribution < 1.29 is 18.8 Å². The Hall–Kier alpha value is -2.57. The molecule has 0 aliphatic carbocycles. The number of hydrogen-bond donors (Lipinski definition) is 0. The Morgan fingerprint density at radius 3 is 3.00 bits per heavy atom. The lowest BCUT2D eigenvalue weighted by atomic mass is 10.0. The Labute approximate surface area is 139 Å². The molecule has 0 N–H and O–H groups in total. The number of benzene rings is 1. The van der Waals surface area contributed by atoms with E-state index >= 15 is 0 Å². The van der Waals surface area contributed by atoms with E-state index < -0.39 is 0 Å². The van der Waals surface area contributed by atoms with Gasteiger partial charge in [0.05, 0.1) is 0 Å². The van der Waals surface area contributed by atoms with Gasteiger partial charge in [0.1, 0.15) is 6.04 Å². The van der Waals surface area contributed by atoms with Crippen molar-refractivity contribution in [1.29, 1.82) is 0 Å². The van der Waals surface area contributed by atoms with E-state index in [1.807, 2.05) is 11.8 Å². The van der Waals surface area contributed by atoms with Crippen LogP contribution in [0.1, 0.15) is 54.3 Å². The van der Waals surface area contributed by atoms with Gasteiger partial charge in [0.25, 0.3) is 5.91 Å². The molecule has 1 aromatic heterocycles. The van der Waals surface area contributed by atoms with Gasteiger partial charge < -0.3 is 18.9 Å². The highest BCUT2D eigenvalue weighted by Gasteiger charge is 2.33. The second-order valence-electron chi connectivity index (χ2n) is 5.98. The first kappa shape index (κ1) is 15.0. The van der Waals surface area contributed by atoms with E-state index in [-0.39, 0.29) is 18.7 Å². The fourth-order valence-corrected chi connectivity index (χ4v) is 3.17. The molecule has 0 unspecified atom stereocenters. The molecule has 1 atom stereocenters. The van der Waals surface area contributed by atoms with Gasteiger partial charge in [-0.2, -0.15) is 4.98 Å². The third-order valence-electron chi connectivity index (χ3n) is 4.47. The second kappa shape index (κ2) is 6.14. The molecule has 1 saturated heterocycles. The Kier molecular flexibility index (Phi) is 3.84. The van der Waals surface area contributed by atoms with Crippen LogP contribution in [0.25, 0.3) is 0 Å². The number of piperidine rings is 1. The number of nitrogens with zero attached hydrogens (tertiary/aromatic N) is 3. The molecule has 0 radical (unpaired) electrons. The molecule has 0 spiro atoms. The van der Waals surface area contributed by atoms with Crippen LogP contribution in [-0.4, -0.2) is 34.3 Å². The van der Waals surface area contributed by atoms with Gasteiger partial charge in [0.15, 0.2) is 17.3 Å². The van der Waals surface area contributed by atoms with Crippen LogP contribution in [0.2, 0.25) is 0 Å². The number of rotatable bonds is 3. The predicted molar refractivity (Wildman–Crippen MR) is 83.9 cm³/mol. The first-order valence-corrected chi connectivity index (χ1v) is 8.29. The van der Waals surface area contributed by atoms with Crippen LogP contribution in [0.5, 0.6) is 11.5 Å². The summed E-state index contributed by atoms with van der Waals surface area (Å²) < 4.78 is 16.1. The average Bonchev–Trinajstić information content (AvgIpc) is 3.29. The summed E-state index contributed by atoms with van der Waals surface area (Å²) in [4.78, 5) is 19.2. The molecule has 2 aliphatic rings. The van der Waals surface area contributed by atoms with Crippen LogP contribution in [0, 0.1) is 0 Å². The largest absolute Gasteiger partial charge is 0.454 e. The summed E-state index contributed by atoms with van der Waals surface area (Å²) in [6, 6.07) is 5.12. The Bertz CT molecular complexity index is 758. The highest BCUT2D eigenvalue weighted by atomic mass is 16.7. The van der Waals surface area contributed by atoms with Gasteiger partial charge in [-0.15, -0.1) is 0 Å². The number of aromatic nitrogens is 2. The smallest absolute Gasteiger partial charge is 0.254 e. The van der Waals surface area contributed by atoms with Crippen LogP contribution < -0.4 is 9.47 Å². The number of carbonyl (C=O) groups excluding carboxylic acids is 1. The molecule has 4 rings (SSSR count). The van der Waals surface area contributed by atoms with Crippen LogP contribution in [0.15, 0.2) is 22.7 Å². The Balaban J connectivity index is 1.61. The van der Waals surface area contributed by atoms with Crippen molar-refractivity contribution in [1.82, 2.24) is 15.0 Å². The Morgan fingerprint density at radius 2 is 2.17 bits per heavy atom. The van der Waals surface area contributed by atoms with Gasteiger partial charge in [-0.25, -0.2) is 0 Å². The normalized spacial score (nSPS) is 19.5. The third-order valence-corrected chi connectivity index (χ3v) is 4.47. The lowest BCUT2D eigenvalue weighted by Crippen LogP contribution is -2.38. The first-order valence-electron chi connectivity index (χ1n) is 8.29. The SMILES string of the molecule is CCc1noc([C@@H]2CCCCN2C(=O)c2ccc3c(c2)OCO3)n1. The summed E-state index contributed by atoms with van der Waals surface area (Å²) in [5.41, 5.74) is 0.585. The van der Waals surface area contributed by atoms with E-state index in [0.717, 1.165) is 19.3 Å². The number of ether oxygens (including phenoxy) is 2. The molecule has 126 valence electrons. The van der Waals surface area contributed by atoms with Gasteiger partial charge in [0, 0.05) is 18.5 Å². The summed E-state index contributed by atoms with van der Waals surface area (Å²) in [7, 11) is 0. The zero-order valence-electron chi connectivity index (χ0n) is 13.5. The summed E-state index contributed by atoms with van der Waals surface area (Å²) >= 11 is 0. The molecule has 24 heavy (non-hydrogen) atoms. The molecule has 1 aromatic carbocycles. The lowest BCUT2D eigenvalue weighted by molar-refractivity contribution is 0.0561. The van der Waals surface area contributed by atoms with E-state index in [1.54, 1.807) is 18.2 Å². The maximum Gasteiger partial charge on any atom is 0.254 e. The molecule has 7 heteroatoms. The molecule has 0 saturated carbocycles. The predicted octanol–water partition coefficient (Wildman–Crippen LogP) is 2.73. The van der Waals surface area contributed by atoms with Crippen molar-refractivity contribution in [2.45, 2.75) is 38.6 Å². The minimum atomic E-state index is -0.163. The molecule has 2 aliphatic heterocycles. The lowest BCUT2D eigenvalue weighted by Gasteiger charge is -2.33. The Morgan fingerprint density at radius 1 is 1.29 bits per heavy atom. The number of amides is 1. The number of fused-ring (bicyclic) bond motifs is 1. The van der Waals surface area contributed by atoms with Gasteiger partial charge in [-0.1, -0.05) is 12.1 Å². The fourth-order valence-electron chi connectivity index (χ4n) is 3.17. The second-order valence-corrected chi connectivity index (χ2v) is 5.98. The molecule has 1 amide bonds. The van der Waals surface area contributed by atoms with E-state index in [9.17, 15) is 4.79 Å². The molecular weight excluding hydrogens is 310 g/mol. The molecular formula is C17H19N3O4. The van der Waals surface area contributed by atoms with E-state index in [4.69, 9.17) is 14.0 Å². The van der Waals surface area contributed by atoms with E-state index in [1.165, 1.54) is 0 Å². The van der Waals surface area contributed by atoms with Crippen molar-refractivity contribution in [2.24, 2.45) is 0 Å². The monoisotopic (exact) mass is 329 g/mol. The summed E-state index contributed by atoms with van der Waals surface area (Å²) in [5.74, 6) is 2.44. The van der Waals surface area contributed by atoms with Gasteiger partial charge in [-0.05, 0) is 37.5 Å². The van der Waals surface area contributed by atoms with E-state index in [2.05, 4.69) is 10.1 Å². The van der Waals surface area contributed by atoms with Gasteiger partial charge in [-0.3, -0.25) is 4.79 Å². The summed E-state index contributed by atoms with van der Waals surface area (Å²) in [6.45, 7) is 2.86. The molecule has 1 fully saturated rings. The maximum absolute atomic E-state index is 13.0. The number of hydrogen-bond acceptors (Lipinski definition) is 6. The summed E-state index contributed by atoms with van der Waals surface area (Å²) in [5, 5.41) is 3.96. The van der Waals surface area contributed by atoms with Gasteiger partial charge >= 0.3 is 0 Å². The highest BCUT2D eigenvalue weighted by molar-refractivity contribution is 5.95. The van der Waals surface area contributed by atoms with Crippen LogP contribution in [-0.2, 0) is 6.42 Å². The fraction of sp³-hybridized carbons (Fsp3) is 0.471. The number of likely N-dealkylation sites (tertiary alicyclic amines) is 1. The van der Waals surface area contributed by atoms with E-state index in [0.29, 0.717) is 41.7 Å².